The van der Waals surface area contributed by atoms with Crippen molar-refractivity contribution in [3.63, 3.8) is 0 Å². The van der Waals surface area contributed by atoms with Crippen molar-refractivity contribution in [1.29, 1.82) is 0 Å². The molecule has 0 saturated heterocycles. The fraction of sp³-hybridized carbons (Fsp3) is 0. The van der Waals surface area contributed by atoms with E-state index in [0.717, 1.165) is 0 Å². The molecule has 4 heteroatoms. The Kier molecular flexibility index (Phi) is 2.04. The number of halogens is 2. The third-order valence-corrected chi connectivity index (χ3v) is 2.94. The molecule has 0 saturated carbocycles. The molecular weight excluding hydrogens is 366 g/mol. The van der Waals surface area contributed by atoms with Gasteiger partial charge in [0.25, 0.3) is 0 Å². The van der Waals surface area contributed by atoms with Gasteiger partial charge in [-0.2, -0.15) is 5.10 Å². The lowest BCUT2D eigenvalue weighted by molar-refractivity contribution is 0.959. The first-order valence-corrected chi connectivity index (χ1v) is 5.21. The van der Waals surface area contributed by atoms with Crippen molar-refractivity contribution >= 4 is 50.7 Å². The second kappa shape index (κ2) is 2.89. The molecule has 11 heavy (non-hydrogen) atoms. The van der Waals surface area contributed by atoms with E-state index in [1.165, 1.54) is 12.7 Å². The molecule has 0 aliphatic carbocycles. The Balaban J connectivity index is 2.87. The van der Waals surface area contributed by atoms with Crippen LogP contribution in [0.15, 0.2) is 24.5 Å². The van der Waals surface area contributed by atoms with E-state index in [9.17, 15) is 0 Å². The summed E-state index contributed by atoms with van der Waals surface area (Å²) >= 11 is 4.58. The first kappa shape index (κ1) is 7.78. The molecule has 0 N–H and O–H groups in total. The Morgan fingerprint density at radius 3 is 3.00 bits per heavy atom. The lowest BCUT2D eigenvalue weighted by atomic mass is 10.4. The molecular formula is C7H4I2N2. The number of fused-ring (bicyclic) bond motifs is 1. The van der Waals surface area contributed by atoms with Gasteiger partial charge in [-0.1, -0.05) is 0 Å². The van der Waals surface area contributed by atoms with Crippen molar-refractivity contribution in [3.8, 4) is 0 Å². The molecule has 0 aliphatic heterocycles. The van der Waals surface area contributed by atoms with E-state index in [-0.39, 0.29) is 0 Å². The number of rotatable bonds is 0. The van der Waals surface area contributed by atoms with Crippen LogP contribution in [0.4, 0.5) is 0 Å². The van der Waals surface area contributed by atoms with Crippen molar-refractivity contribution in [1.82, 2.24) is 9.61 Å². The average molecular weight is 370 g/mol. The molecule has 2 rings (SSSR count). The van der Waals surface area contributed by atoms with Crippen molar-refractivity contribution in [2.45, 2.75) is 0 Å². The lowest BCUT2D eigenvalue weighted by Gasteiger charge is -1.92. The standard InChI is InChI=1S/C7H4I2N2/c8-5-1-2-11-7(3-5)6(9)4-10-11/h1-4H. The second-order valence-corrected chi connectivity index (χ2v) is 4.58. The quantitative estimate of drug-likeness (QED) is 0.652. The van der Waals surface area contributed by atoms with Crippen LogP contribution in [0.25, 0.3) is 5.52 Å². The highest BCUT2D eigenvalue weighted by atomic mass is 127. The van der Waals surface area contributed by atoms with Gasteiger partial charge in [0.05, 0.1) is 15.3 Å². The molecule has 2 aromatic heterocycles. The summed E-state index contributed by atoms with van der Waals surface area (Å²) in [6, 6.07) is 4.16. The van der Waals surface area contributed by atoms with Gasteiger partial charge in [0, 0.05) is 9.77 Å². The normalized spacial score (nSPS) is 10.7. The van der Waals surface area contributed by atoms with E-state index in [4.69, 9.17) is 0 Å². The van der Waals surface area contributed by atoms with E-state index in [1.54, 1.807) is 0 Å². The highest BCUT2D eigenvalue weighted by Crippen LogP contribution is 2.15. The molecule has 0 bridgehead atoms. The second-order valence-electron chi connectivity index (χ2n) is 2.17. The number of pyridine rings is 1. The lowest BCUT2D eigenvalue weighted by Crippen LogP contribution is -1.85. The van der Waals surface area contributed by atoms with Crippen LogP contribution in [-0.4, -0.2) is 9.61 Å². The van der Waals surface area contributed by atoms with E-state index in [0.29, 0.717) is 0 Å². The molecule has 0 aliphatic rings. The summed E-state index contributed by atoms with van der Waals surface area (Å²) < 4.78 is 4.32. The Bertz CT molecular complexity index is 394. The molecule has 0 amide bonds. The van der Waals surface area contributed by atoms with Gasteiger partial charge in [-0.25, -0.2) is 4.52 Å². The van der Waals surface area contributed by atoms with Gasteiger partial charge in [0.15, 0.2) is 0 Å². The largest absolute Gasteiger partial charge is 0.240 e. The van der Waals surface area contributed by atoms with Gasteiger partial charge in [-0.05, 0) is 57.3 Å². The topological polar surface area (TPSA) is 17.3 Å². The molecule has 0 fully saturated rings. The molecule has 0 radical (unpaired) electrons. The Morgan fingerprint density at radius 2 is 2.18 bits per heavy atom. The molecule has 0 spiro atoms. The highest BCUT2D eigenvalue weighted by Gasteiger charge is 1.99. The van der Waals surface area contributed by atoms with Crippen molar-refractivity contribution in [2.75, 3.05) is 0 Å². The molecule has 0 unspecified atom stereocenters. The van der Waals surface area contributed by atoms with Crippen LogP contribution in [0, 0.1) is 7.14 Å². The molecule has 2 aromatic rings. The van der Waals surface area contributed by atoms with Crippen LogP contribution in [0.2, 0.25) is 0 Å². The molecule has 0 atom stereocenters. The third kappa shape index (κ3) is 1.37. The fourth-order valence-corrected chi connectivity index (χ4v) is 1.91. The summed E-state index contributed by atoms with van der Waals surface area (Å²) in [5, 5.41) is 4.17. The van der Waals surface area contributed by atoms with Crippen LogP contribution < -0.4 is 0 Å². The number of aromatic nitrogens is 2. The molecule has 2 heterocycles. The van der Waals surface area contributed by atoms with Crippen LogP contribution in [0.1, 0.15) is 0 Å². The third-order valence-electron chi connectivity index (χ3n) is 1.44. The van der Waals surface area contributed by atoms with Gasteiger partial charge in [0.2, 0.25) is 0 Å². The minimum absolute atomic E-state index is 1.18. The van der Waals surface area contributed by atoms with E-state index < -0.39 is 0 Å². The summed E-state index contributed by atoms with van der Waals surface area (Å²) in [4.78, 5) is 0. The van der Waals surface area contributed by atoms with Gasteiger partial charge < -0.3 is 0 Å². The summed E-state index contributed by atoms with van der Waals surface area (Å²) in [6.45, 7) is 0. The van der Waals surface area contributed by atoms with Gasteiger partial charge in [-0.15, -0.1) is 0 Å². The minimum atomic E-state index is 1.18. The predicted octanol–water partition coefficient (Wildman–Crippen LogP) is 2.54. The maximum atomic E-state index is 4.17. The summed E-state index contributed by atoms with van der Waals surface area (Å²) in [5.41, 5.74) is 1.18. The van der Waals surface area contributed by atoms with Crippen molar-refractivity contribution in [3.05, 3.63) is 31.7 Å². The van der Waals surface area contributed by atoms with Crippen LogP contribution in [0.5, 0.6) is 0 Å². The van der Waals surface area contributed by atoms with Crippen molar-refractivity contribution < 1.29 is 0 Å². The predicted molar refractivity (Wildman–Crippen MR) is 60.6 cm³/mol. The number of hydrogen-bond acceptors (Lipinski definition) is 1. The van der Waals surface area contributed by atoms with Crippen LogP contribution in [0.3, 0.4) is 0 Å². The van der Waals surface area contributed by atoms with Crippen molar-refractivity contribution in [2.24, 2.45) is 0 Å². The van der Waals surface area contributed by atoms with Gasteiger partial charge in [-0.3, -0.25) is 0 Å². The smallest absolute Gasteiger partial charge is 0.0805 e. The van der Waals surface area contributed by atoms with E-state index in [1.807, 2.05) is 23.0 Å². The summed E-state index contributed by atoms with van der Waals surface area (Å²) in [7, 11) is 0. The average Bonchev–Trinajstić information content (AvgIpc) is 2.33. The Labute approximate surface area is 91.3 Å². The van der Waals surface area contributed by atoms with Gasteiger partial charge in [0.1, 0.15) is 0 Å². The zero-order valence-corrected chi connectivity index (χ0v) is 9.77. The van der Waals surface area contributed by atoms with E-state index >= 15 is 0 Å². The zero-order valence-electron chi connectivity index (χ0n) is 5.46. The maximum Gasteiger partial charge on any atom is 0.0805 e. The zero-order chi connectivity index (χ0) is 7.84. The van der Waals surface area contributed by atoms with Crippen LogP contribution >= 0.6 is 45.2 Å². The summed E-state index contributed by atoms with van der Waals surface area (Å²) in [5.74, 6) is 0. The van der Waals surface area contributed by atoms with Crippen LogP contribution in [-0.2, 0) is 0 Å². The minimum Gasteiger partial charge on any atom is -0.240 e. The SMILES string of the molecule is Ic1ccn2ncc(I)c2c1. The fourth-order valence-electron chi connectivity index (χ4n) is 0.925. The summed E-state index contributed by atoms with van der Waals surface area (Å²) in [6.07, 6.45) is 3.84. The maximum absolute atomic E-state index is 4.17. The Morgan fingerprint density at radius 1 is 1.36 bits per heavy atom. The molecule has 2 nitrogen and oxygen atoms in total. The molecule has 0 aromatic carbocycles. The highest BCUT2D eigenvalue weighted by molar-refractivity contribution is 14.1. The van der Waals surface area contributed by atoms with E-state index in [2.05, 4.69) is 56.3 Å². The first-order valence-electron chi connectivity index (χ1n) is 3.06. The number of hydrogen-bond donors (Lipinski definition) is 0. The van der Waals surface area contributed by atoms with Gasteiger partial charge >= 0.3 is 0 Å². The first-order chi connectivity index (χ1) is 5.27. The molecule has 56 valence electrons. The monoisotopic (exact) mass is 370 g/mol. The number of nitrogens with zero attached hydrogens (tertiary/aromatic N) is 2. The Hall–Kier alpha value is 0.150.